The summed E-state index contributed by atoms with van der Waals surface area (Å²) in [6.45, 7) is 7.49. The highest BCUT2D eigenvalue weighted by atomic mass is 32.2. The van der Waals surface area contributed by atoms with Crippen molar-refractivity contribution in [2.75, 3.05) is 13.1 Å². The molecule has 2 atom stereocenters. The molecule has 0 aliphatic carbocycles. The van der Waals surface area contributed by atoms with Gasteiger partial charge >= 0.3 is 0 Å². The van der Waals surface area contributed by atoms with Crippen LogP contribution in [0, 0.1) is 6.92 Å². The number of benzene rings is 2. The van der Waals surface area contributed by atoms with E-state index in [1.54, 1.807) is 48.5 Å². The number of hydrogen-bond donors (Lipinski definition) is 1. The molecule has 144 valence electrons. The molecule has 1 N–H and O–H groups in total. The van der Waals surface area contributed by atoms with E-state index in [1.807, 2.05) is 18.7 Å². The van der Waals surface area contributed by atoms with Gasteiger partial charge in [-0.05, 0) is 50.6 Å². The minimum absolute atomic E-state index is 0.0104. The highest BCUT2D eigenvalue weighted by molar-refractivity contribution is 7.90. The Kier molecular flexibility index (Phi) is 5.67. The van der Waals surface area contributed by atoms with Crippen molar-refractivity contribution in [1.29, 1.82) is 0 Å². The predicted molar refractivity (Wildman–Crippen MR) is 106 cm³/mol. The van der Waals surface area contributed by atoms with Crippen LogP contribution in [0.5, 0.6) is 0 Å². The Morgan fingerprint density at radius 3 is 2.33 bits per heavy atom. The topological polar surface area (TPSA) is 66.5 Å². The minimum Gasteiger partial charge on any atom is -0.333 e. The second-order valence-electron chi connectivity index (χ2n) is 7.25. The lowest BCUT2D eigenvalue weighted by molar-refractivity contribution is 0.0603. The van der Waals surface area contributed by atoms with Crippen LogP contribution >= 0.6 is 0 Å². The average molecular weight is 387 g/mol. The number of nitrogens with zero attached hydrogens (tertiary/aromatic N) is 1. The lowest BCUT2D eigenvalue weighted by atomic mass is 10.0. The molecule has 0 spiro atoms. The summed E-state index contributed by atoms with van der Waals surface area (Å²) in [5.41, 5.74) is 2.29. The maximum Gasteiger partial charge on any atom is 0.254 e. The molecule has 0 saturated carbocycles. The van der Waals surface area contributed by atoms with Crippen LogP contribution in [-0.4, -0.2) is 44.4 Å². The Hall–Kier alpha value is -2.18. The van der Waals surface area contributed by atoms with E-state index in [0.29, 0.717) is 22.6 Å². The molecule has 0 bridgehead atoms. The molecule has 2 aromatic carbocycles. The lowest BCUT2D eigenvalue weighted by Crippen LogP contribution is -2.57. The second kappa shape index (κ2) is 7.82. The summed E-state index contributed by atoms with van der Waals surface area (Å²) in [6.07, 6.45) is 0. The fourth-order valence-corrected chi connectivity index (χ4v) is 4.65. The third-order valence-corrected chi connectivity index (χ3v) is 6.94. The molecule has 1 aliphatic rings. The average Bonchev–Trinajstić information content (AvgIpc) is 2.64. The van der Waals surface area contributed by atoms with Gasteiger partial charge in [0.05, 0.1) is 10.6 Å². The second-order valence-corrected chi connectivity index (χ2v) is 9.24. The van der Waals surface area contributed by atoms with Crippen LogP contribution in [0.25, 0.3) is 0 Å². The van der Waals surface area contributed by atoms with Gasteiger partial charge in [0.1, 0.15) is 0 Å². The quantitative estimate of drug-likeness (QED) is 0.877. The number of aryl methyl sites for hydroxylation is 1. The van der Waals surface area contributed by atoms with Crippen LogP contribution in [-0.2, 0) is 15.6 Å². The smallest absolute Gasteiger partial charge is 0.254 e. The molecule has 3 rings (SSSR count). The number of hydrogen-bond acceptors (Lipinski definition) is 4. The van der Waals surface area contributed by atoms with Crippen molar-refractivity contribution in [3.05, 3.63) is 65.2 Å². The number of piperazine rings is 1. The summed E-state index contributed by atoms with van der Waals surface area (Å²) in [6, 6.07) is 14.1. The Balaban J connectivity index is 1.73. The van der Waals surface area contributed by atoms with Gasteiger partial charge < -0.3 is 10.2 Å². The number of nitrogens with one attached hydrogen (secondary N) is 1. The summed E-state index contributed by atoms with van der Waals surface area (Å²) in [5, 5.41) is 3.36. The first kappa shape index (κ1) is 19.6. The van der Waals surface area contributed by atoms with E-state index in [0.717, 1.165) is 12.1 Å². The summed E-state index contributed by atoms with van der Waals surface area (Å²) >= 11 is 0. The number of sulfone groups is 1. The van der Waals surface area contributed by atoms with E-state index in [-0.39, 0.29) is 23.7 Å². The Morgan fingerprint density at radius 1 is 1.07 bits per heavy atom. The zero-order valence-electron chi connectivity index (χ0n) is 16.0. The number of carbonyl (C=O) groups excluding carboxylic acids is 1. The van der Waals surface area contributed by atoms with E-state index in [4.69, 9.17) is 0 Å². The molecular weight excluding hydrogens is 360 g/mol. The Labute approximate surface area is 161 Å². The summed E-state index contributed by atoms with van der Waals surface area (Å²) < 4.78 is 25.2. The van der Waals surface area contributed by atoms with Crippen LogP contribution in [0.3, 0.4) is 0 Å². The zero-order chi connectivity index (χ0) is 19.6. The van der Waals surface area contributed by atoms with Gasteiger partial charge in [-0.15, -0.1) is 0 Å². The van der Waals surface area contributed by atoms with Gasteiger partial charge in [0.2, 0.25) is 0 Å². The van der Waals surface area contributed by atoms with Crippen molar-refractivity contribution in [1.82, 2.24) is 10.2 Å². The van der Waals surface area contributed by atoms with E-state index >= 15 is 0 Å². The molecule has 0 radical (unpaired) electrons. The van der Waals surface area contributed by atoms with Gasteiger partial charge in [-0.1, -0.05) is 29.8 Å². The van der Waals surface area contributed by atoms with Crippen LogP contribution in [0.4, 0.5) is 0 Å². The first-order valence-corrected chi connectivity index (χ1v) is 10.9. The Bertz CT molecular complexity index is 905. The zero-order valence-corrected chi connectivity index (χ0v) is 16.8. The first-order valence-electron chi connectivity index (χ1n) is 9.20. The number of rotatable bonds is 4. The van der Waals surface area contributed by atoms with Gasteiger partial charge in [-0.25, -0.2) is 8.42 Å². The summed E-state index contributed by atoms with van der Waals surface area (Å²) in [4.78, 5) is 15.0. The fourth-order valence-electron chi connectivity index (χ4n) is 3.30. The summed E-state index contributed by atoms with van der Waals surface area (Å²) in [5.74, 6) is -0.0882. The van der Waals surface area contributed by atoms with Crippen LogP contribution < -0.4 is 5.32 Å². The van der Waals surface area contributed by atoms with Gasteiger partial charge in [0, 0.05) is 30.7 Å². The fraction of sp³-hybridized carbons (Fsp3) is 0.381. The van der Waals surface area contributed by atoms with E-state index in [9.17, 15) is 13.2 Å². The molecule has 5 nitrogen and oxygen atoms in total. The minimum atomic E-state index is -3.40. The molecule has 2 unspecified atom stereocenters. The number of carbonyl (C=O) groups is 1. The largest absolute Gasteiger partial charge is 0.333 e. The molecule has 1 fully saturated rings. The van der Waals surface area contributed by atoms with Crippen molar-refractivity contribution in [3.8, 4) is 0 Å². The molecule has 6 heteroatoms. The van der Waals surface area contributed by atoms with Gasteiger partial charge in [-0.3, -0.25) is 4.79 Å². The SMILES string of the molecule is Cc1ccc(S(=O)(=O)Cc2ccc(C(=O)N3CCNC(C)C3C)cc2)cc1. The maximum absolute atomic E-state index is 12.8. The van der Waals surface area contributed by atoms with Crippen LogP contribution in [0.1, 0.15) is 35.3 Å². The highest BCUT2D eigenvalue weighted by Crippen LogP contribution is 2.19. The van der Waals surface area contributed by atoms with Crippen molar-refractivity contribution < 1.29 is 13.2 Å². The number of amides is 1. The normalized spacial score (nSPS) is 20.5. The molecule has 1 heterocycles. The molecule has 2 aromatic rings. The lowest BCUT2D eigenvalue weighted by Gasteiger charge is -2.38. The third-order valence-electron chi connectivity index (χ3n) is 5.23. The van der Waals surface area contributed by atoms with Gasteiger partial charge in [0.25, 0.3) is 5.91 Å². The van der Waals surface area contributed by atoms with Crippen molar-refractivity contribution in [3.63, 3.8) is 0 Å². The van der Waals surface area contributed by atoms with Crippen LogP contribution in [0.2, 0.25) is 0 Å². The monoisotopic (exact) mass is 386 g/mol. The molecule has 1 saturated heterocycles. The summed E-state index contributed by atoms with van der Waals surface area (Å²) in [7, 11) is -3.40. The molecule has 27 heavy (non-hydrogen) atoms. The van der Waals surface area contributed by atoms with E-state index in [1.165, 1.54) is 0 Å². The highest BCUT2D eigenvalue weighted by Gasteiger charge is 2.28. The van der Waals surface area contributed by atoms with Crippen molar-refractivity contribution in [2.45, 2.75) is 43.5 Å². The molecule has 1 aliphatic heterocycles. The van der Waals surface area contributed by atoms with Gasteiger partial charge in [0.15, 0.2) is 9.84 Å². The predicted octanol–water partition coefficient (Wildman–Crippen LogP) is 2.79. The Morgan fingerprint density at radius 2 is 1.70 bits per heavy atom. The van der Waals surface area contributed by atoms with Crippen LogP contribution in [0.15, 0.2) is 53.4 Å². The molecule has 0 aromatic heterocycles. The van der Waals surface area contributed by atoms with Crippen molar-refractivity contribution in [2.24, 2.45) is 0 Å². The van der Waals surface area contributed by atoms with Crippen molar-refractivity contribution >= 4 is 15.7 Å². The maximum atomic E-state index is 12.8. The first-order chi connectivity index (χ1) is 12.8. The molecule has 1 amide bonds. The van der Waals surface area contributed by atoms with E-state index in [2.05, 4.69) is 12.2 Å². The third kappa shape index (κ3) is 4.39. The standard InChI is InChI=1S/C21H26N2O3S/c1-15-4-10-20(11-5-15)27(25,26)14-18-6-8-19(9-7-18)21(24)23-13-12-22-16(2)17(23)3/h4-11,16-17,22H,12-14H2,1-3H3. The van der Waals surface area contributed by atoms with Gasteiger partial charge in [-0.2, -0.15) is 0 Å². The van der Waals surface area contributed by atoms with E-state index < -0.39 is 9.84 Å². The molecular formula is C21H26N2O3S.